The average Bonchev–Trinajstić information content (AvgIpc) is 2.38. The van der Waals surface area contributed by atoms with Gasteiger partial charge in [0, 0.05) is 11.9 Å². The first kappa shape index (κ1) is 16.5. The molecule has 0 aliphatic rings. The van der Waals surface area contributed by atoms with Crippen LogP contribution < -0.4 is 5.32 Å². The normalized spacial score (nSPS) is 11.9. The number of carboxylic acids is 1. The summed E-state index contributed by atoms with van der Waals surface area (Å²) in [5, 5.41) is 12.1. The molecule has 1 amide bonds. The molecule has 1 unspecified atom stereocenters. The maximum atomic E-state index is 10.9. The van der Waals surface area contributed by atoms with E-state index in [1.54, 1.807) is 0 Å². The number of halogens is 1. The van der Waals surface area contributed by atoms with Crippen LogP contribution in [0.5, 0.6) is 0 Å². The van der Waals surface area contributed by atoms with Crippen molar-refractivity contribution in [2.24, 2.45) is 0 Å². The monoisotopic (exact) mass is 297 g/mol. The molecule has 0 aromatic heterocycles. The van der Waals surface area contributed by atoms with Crippen molar-refractivity contribution < 1.29 is 14.7 Å². The van der Waals surface area contributed by atoms with Crippen LogP contribution in [0.25, 0.3) is 0 Å². The van der Waals surface area contributed by atoms with Crippen molar-refractivity contribution in [3.05, 3.63) is 34.9 Å². The summed E-state index contributed by atoms with van der Waals surface area (Å²) in [6, 6.07) is 6.96. The standard InChI is InChI=1S/C15H20ClNO3/c1-11(18)17-14(15(19)20)6-4-2-3-5-12-7-9-13(16)10-8-12/h7-10,14H,2-6H2,1H3,(H,17,18)(H,19,20). The lowest BCUT2D eigenvalue weighted by molar-refractivity contribution is -0.141. The van der Waals surface area contributed by atoms with E-state index in [0.29, 0.717) is 6.42 Å². The lowest BCUT2D eigenvalue weighted by Gasteiger charge is -2.12. The summed E-state index contributed by atoms with van der Waals surface area (Å²) in [5.74, 6) is -1.28. The number of unbranched alkanes of at least 4 members (excludes halogenated alkanes) is 2. The van der Waals surface area contributed by atoms with Crippen LogP contribution in [0.3, 0.4) is 0 Å². The first-order valence-corrected chi connectivity index (χ1v) is 7.11. The molecule has 0 bridgehead atoms. The van der Waals surface area contributed by atoms with Gasteiger partial charge in [0.1, 0.15) is 6.04 Å². The van der Waals surface area contributed by atoms with Crippen molar-refractivity contribution >= 4 is 23.5 Å². The molecule has 2 N–H and O–H groups in total. The minimum atomic E-state index is -0.974. The van der Waals surface area contributed by atoms with E-state index in [-0.39, 0.29) is 5.91 Å². The van der Waals surface area contributed by atoms with Crippen molar-refractivity contribution in [3.63, 3.8) is 0 Å². The highest BCUT2D eigenvalue weighted by atomic mass is 35.5. The molecule has 0 heterocycles. The SMILES string of the molecule is CC(=O)NC(CCCCCc1ccc(Cl)cc1)C(=O)O. The zero-order valence-corrected chi connectivity index (χ0v) is 12.3. The van der Waals surface area contributed by atoms with Gasteiger partial charge in [0.15, 0.2) is 0 Å². The molecule has 20 heavy (non-hydrogen) atoms. The Morgan fingerprint density at radius 3 is 2.40 bits per heavy atom. The van der Waals surface area contributed by atoms with Gasteiger partial charge in [-0.15, -0.1) is 0 Å². The Balaban J connectivity index is 2.21. The van der Waals surface area contributed by atoms with E-state index in [1.165, 1.54) is 12.5 Å². The third kappa shape index (κ3) is 6.57. The van der Waals surface area contributed by atoms with Gasteiger partial charge in [-0.2, -0.15) is 0 Å². The van der Waals surface area contributed by atoms with E-state index >= 15 is 0 Å². The Bertz CT molecular complexity index is 445. The second-order valence-corrected chi connectivity index (χ2v) is 5.25. The Labute approximate surface area is 124 Å². The first-order chi connectivity index (χ1) is 9.49. The molecule has 4 nitrogen and oxygen atoms in total. The van der Waals surface area contributed by atoms with Crippen LogP contribution in [-0.2, 0) is 16.0 Å². The van der Waals surface area contributed by atoms with E-state index in [0.717, 1.165) is 30.7 Å². The number of hydrogen-bond donors (Lipinski definition) is 2. The molecule has 1 aromatic rings. The molecule has 0 aliphatic carbocycles. The quantitative estimate of drug-likeness (QED) is 0.725. The van der Waals surface area contributed by atoms with Crippen molar-refractivity contribution in [1.29, 1.82) is 0 Å². The summed E-state index contributed by atoms with van der Waals surface area (Å²) >= 11 is 5.81. The summed E-state index contributed by atoms with van der Waals surface area (Å²) in [6.45, 7) is 1.33. The number of aliphatic carboxylic acids is 1. The molecule has 0 saturated carbocycles. The van der Waals surface area contributed by atoms with Crippen LogP contribution in [0.1, 0.15) is 38.2 Å². The van der Waals surface area contributed by atoms with Crippen molar-refractivity contribution in [1.82, 2.24) is 5.32 Å². The van der Waals surface area contributed by atoms with Crippen LogP contribution in [0.2, 0.25) is 5.02 Å². The van der Waals surface area contributed by atoms with Gasteiger partial charge in [-0.3, -0.25) is 4.79 Å². The Kier molecular flexibility index (Phi) is 7.09. The van der Waals surface area contributed by atoms with Crippen LogP contribution in [-0.4, -0.2) is 23.0 Å². The summed E-state index contributed by atoms with van der Waals surface area (Å²) in [5.41, 5.74) is 1.23. The maximum Gasteiger partial charge on any atom is 0.326 e. The average molecular weight is 298 g/mol. The zero-order chi connectivity index (χ0) is 15.0. The maximum absolute atomic E-state index is 10.9. The Morgan fingerprint density at radius 2 is 1.85 bits per heavy atom. The van der Waals surface area contributed by atoms with E-state index in [4.69, 9.17) is 16.7 Å². The van der Waals surface area contributed by atoms with Gasteiger partial charge in [-0.05, 0) is 37.0 Å². The summed E-state index contributed by atoms with van der Waals surface area (Å²) in [7, 11) is 0. The van der Waals surface area contributed by atoms with Gasteiger partial charge in [-0.1, -0.05) is 36.6 Å². The molecule has 0 spiro atoms. The third-order valence-electron chi connectivity index (χ3n) is 3.05. The fourth-order valence-electron chi connectivity index (χ4n) is 2.01. The highest BCUT2D eigenvalue weighted by Gasteiger charge is 2.17. The number of aryl methyl sites for hydroxylation is 1. The van der Waals surface area contributed by atoms with Crippen molar-refractivity contribution in [2.75, 3.05) is 0 Å². The van der Waals surface area contributed by atoms with E-state index in [2.05, 4.69) is 5.32 Å². The predicted octanol–water partition coefficient (Wildman–Crippen LogP) is 3.03. The lowest BCUT2D eigenvalue weighted by atomic mass is 10.0. The molecule has 1 aromatic carbocycles. The number of benzene rings is 1. The Morgan fingerprint density at radius 1 is 1.20 bits per heavy atom. The minimum absolute atomic E-state index is 0.307. The minimum Gasteiger partial charge on any atom is -0.480 e. The molecule has 5 heteroatoms. The van der Waals surface area contributed by atoms with Crippen molar-refractivity contribution in [3.8, 4) is 0 Å². The van der Waals surface area contributed by atoms with E-state index < -0.39 is 12.0 Å². The topological polar surface area (TPSA) is 66.4 Å². The van der Waals surface area contributed by atoms with Gasteiger partial charge in [0.25, 0.3) is 0 Å². The molecule has 0 fully saturated rings. The van der Waals surface area contributed by atoms with Crippen LogP contribution in [0.4, 0.5) is 0 Å². The molecular formula is C15H20ClNO3. The lowest BCUT2D eigenvalue weighted by Crippen LogP contribution is -2.39. The fraction of sp³-hybridized carbons (Fsp3) is 0.467. The highest BCUT2D eigenvalue weighted by Crippen LogP contribution is 2.13. The molecule has 0 saturated heterocycles. The Hall–Kier alpha value is -1.55. The predicted molar refractivity (Wildman–Crippen MR) is 78.9 cm³/mol. The number of nitrogens with one attached hydrogen (secondary N) is 1. The van der Waals surface area contributed by atoms with Gasteiger partial charge >= 0.3 is 5.97 Å². The number of carbonyl (C=O) groups is 2. The molecule has 1 rings (SSSR count). The highest BCUT2D eigenvalue weighted by molar-refractivity contribution is 6.30. The second kappa shape index (κ2) is 8.59. The van der Waals surface area contributed by atoms with Crippen molar-refractivity contribution in [2.45, 2.75) is 45.1 Å². The molecule has 0 radical (unpaired) electrons. The number of carboxylic acid groups (broad SMARTS) is 1. The first-order valence-electron chi connectivity index (χ1n) is 6.73. The van der Waals surface area contributed by atoms with Gasteiger partial charge in [0.05, 0.1) is 0 Å². The second-order valence-electron chi connectivity index (χ2n) is 4.82. The van der Waals surface area contributed by atoms with Crippen LogP contribution >= 0.6 is 11.6 Å². The van der Waals surface area contributed by atoms with E-state index in [1.807, 2.05) is 24.3 Å². The molecular weight excluding hydrogens is 278 g/mol. The number of carbonyl (C=O) groups excluding carboxylic acids is 1. The molecule has 0 aliphatic heterocycles. The largest absolute Gasteiger partial charge is 0.480 e. The van der Waals surface area contributed by atoms with Crippen LogP contribution in [0, 0.1) is 0 Å². The number of amides is 1. The molecule has 110 valence electrons. The number of rotatable bonds is 8. The number of hydrogen-bond acceptors (Lipinski definition) is 2. The summed E-state index contributed by atoms with van der Waals surface area (Å²) < 4.78 is 0. The van der Waals surface area contributed by atoms with Gasteiger partial charge < -0.3 is 10.4 Å². The smallest absolute Gasteiger partial charge is 0.326 e. The zero-order valence-electron chi connectivity index (χ0n) is 11.6. The van der Waals surface area contributed by atoms with Crippen LogP contribution in [0.15, 0.2) is 24.3 Å². The van der Waals surface area contributed by atoms with Gasteiger partial charge in [-0.25, -0.2) is 4.79 Å². The summed E-state index contributed by atoms with van der Waals surface area (Å²) in [4.78, 5) is 21.8. The third-order valence-corrected chi connectivity index (χ3v) is 3.30. The fourth-order valence-corrected chi connectivity index (χ4v) is 2.13. The van der Waals surface area contributed by atoms with E-state index in [9.17, 15) is 9.59 Å². The molecule has 1 atom stereocenters. The van der Waals surface area contributed by atoms with Gasteiger partial charge in [0.2, 0.25) is 5.91 Å². The summed E-state index contributed by atoms with van der Waals surface area (Å²) in [6.07, 6.45) is 4.13.